The van der Waals surface area contributed by atoms with Gasteiger partial charge in [-0.15, -0.1) is 0 Å². The van der Waals surface area contributed by atoms with Gasteiger partial charge in [-0.25, -0.2) is 13.1 Å². The van der Waals surface area contributed by atoms with Gasteiger partial charge in [-0.1, -0.05) is 31.2 Å². The predicted molar refractivity (Wildman–Crippen MR) is 143 cm³/mol. The molecule has 7 rings (SSSR count). The first-order valence-corrected chi connectivity index (χ1v) is 14.6. The van der Waals surface area contributed by atoms with E-state index >= 15 is 0 Å². The highest BCUT2D eigenvalue weighted by Crippen LogP contribution is 2.66. The van der Waals surface area contributed by atoms with E-state index in [2.05, 4.69) is 4.90 Å². The molecule has 208 valence electrons. The molecule has 4 N–H and O–H groups in total. The fraction of sp³-hybridized carbons (Fsp3) is 0.464. The second kappa shape index (κ2) is 8.60. The van der Waals surface area contributed by atoms with E-state index in [9.17, 15) is 28.5 Å². The highest BCUT2D eigenvalue weighted by atomic mass is 35.5. The second-order valence-corrected chi connectivity index (χ2v) is 13.3. The van der Waals surface area contributed by atoms with Crippen LogP contribution in [0.25, 0.3) is 0 Å². The summed E-state index contributed by atoms with van der Waals surface area (Å²) in [5.41, 5.74) is -1.22. The normalized spacial score (nSPS) is 30.7. The molecule has 0 unspecified atom stereocenters. The maximum Gasteiger partial charge on any atom is 0.264 e. The van der Waals surface area contributed by atoms with Gasteiger partial charge in [-0.2, -0.15) is 0 Å². The lowest BCUT2D eigenvalue weighted by Crippen LogP contribution is -2.75. The van der Waals surface area contributed by atoms with Crippen LogP contribution in [0.4, 0.5) is 0 Å². The summed E-state index contributed by atoms with van der Waals surface area (Å²) < 4.78 is 34.1. The Labute approximate surface area is 232 Å². The third-order valence-corrected chi connectivity index (χ3v) is 10.7. The van der Waals surface area contributed by atoms with Gasteiger partial charge in [0.25, 0.3) is 15.9 Å². The van der Waals surface area contributed by atoms with E-state index in [0.29, 0.717) is 30.9 Å². The smallest absolute Gasteiger partial charge is 0.264 e. The number of phenolic OH excluding ortho intramolecular Hbond substituents is 1. The quantitative estimate of drug-likeness (QED) is 0.427. The summed E-state index contributed by atoms with van der Waals surface area (Å²) in [5, 5.41) is 34.9. The fourth-order valence-electron chi connectivity index (χ4n) is 7.24. The number of rotatable bonds is 5. The first-order chi connectivity index (χ1) is 18.0. The SMILES string of the molecule is C.O=C(NS(=O)(=O)c1cccc(Cl)c1)C1=C(O)[C@@H]2Oc3c(O)ccc4c3[C@@]23CCN(CC2CC2)[C@H](C4)[C@]3(O)C1. The third-order valence-electron chi connectivity index (χ3n) is 9.12. The van der Waals surface area contributed by atoms with Gasteiger partial charge in [0.1, 0.15) is 5.76 Å². The number of nitrogens with one attached hydrogen (secondary N) is 1. The molecule has 2 aliphatic heterocycles. The highest BCUT2D eigenvalue weighted by molar-refractivity contribution is 7.90. The molecule has 2 aromatic carbocycles. The summed E-state index contributed by atoms with van der Waals surface area (Å²) in [4.78, 5) is 15.5. The van der Waals surface area contributed by atoms with Crippen molar-refractivity contribution < 1.29 is 33.3 Å². The van der Waals surface area contributed by atoms with Crippen LogP contribution >= 0.6 is 11.6 Å². The number of aliphatic hydroxyl groups is 2. The zero-order chi connectivity index (χ0) is 26.6. The monoisotopic (exact) mass is 574 g/mol. The standard InChI is InChI=1S/C27H27ClN2O7S.CH4/c28-16-2-1-3-17(11-16)38(35,36)29-25(33)18-12-27(34)20-10-15-6-7-19(31)23-21(15)26(27,24(37-23)22(18)32)8-9-30(20)13-14-4-5-14;/h1-3,6-7,11,14,20,24,31-32,34H,4-5,8-10,12-13H2,(H,29,33);1H4/t20-,24+,26+,27-;/m1./s1. The van der Waals surface area contributed by atoms with Crippen molar-refractivity contribution in [1.29, 1.82) is 0 Å². The first-order valence-electron chi connectivity index (χ1n) is 12.8. The zero-order valence-corrected chi connectivity index (χ0v) is 21.9. The Morgan fingerprint density at radius 3 is 2.69 bits per heavy atom. The number of carbonyl (C=O) groups is 1. The molecule has 9 nitrogen and oxygen atoms in total. The number of nitrogens with zero attached hydrogens (tertiary/aromatic N) is 1. The van der Waals surface area contributed by atoms with Gasteiger partial charge < -0.3 is 20.1 Å². The van der Waals surface area contributed by atoms with Crippen LogP contribution in [0.3, 0.4) is 0 Å². The van der Waals surface area contributed by atoms with Crippen molar-refractivity contribution in [2.45, 2.75) is 67.6 Å². The molecule has 2 bridgehead atoms. The van der Waals surface area contributed by atoms with Crippen LogP contribution in [-0.4, -0.2) is 65.4 Å². The van der Waals surface area contributed by atoms with Crippen molar-refractivity contribution in [2.24, 2.45) is 5.92 Å². The number of piperidine rings is 1. The minimum absolute atomic E-state index is 0. The molecule has 1 spiro atoms. The minimum Gasteiger partial charge on any atom is -0.508 e. The molecule has 0 aromatic heterocycles. The van der Waals surface area contributed by atoms with Gasteiger partial charge in [-0.05, 0) is 68.0 Å². The summed E-state index contributed by atoms with van der Waals surface area (Å²) in [6.45, 7) is 1.51. The van der Waals surface area contributed by atoms with Crippen molar-refractivity contribution in [3.63, 3.8) is 0 Å². The van der Waals surface area contributed by atoms with Crippen LogP contribution in [-0.2, 0) is 26.7 Å². The van der Waals surface area contributed by atoms with E-state index in [1.807, 2.05) is 10.8 Å². The van der Waals surface area contributed by atoms with E-state index in [-0.39, 0.29) is 46.9 Å². The van der Waals surface area contributed by atoms with Gasteiger partial charge in [0.15, 0.2) is 17.6 Å². The van der Waals surface area contributed by atoms with Gasteiger partial charge in [0.05, 0.1) is 21.5 Å². The molecule has 1 amide bonds. The molecule has 5 aliphatic rings. The number of sulfonamides is 1. The second-order valence-electron chi connectivity index (χ2n) is 11.2. The van der Waals surface area contributed by atoms with Crippen LogP contribution in [0.1, 0.15) is 44.2 Å². The van der Waals surface area contributed by atoms with Crippen molar-refractivity contribution >= 4 is 27.5 Å². The molecule has 2 aromatic rings. The number of carbonyl (C=O) groups excluding carboxylic acids is 1. The maximum absolute atomic E-state index is 13.4. The largest absolute Gasteiger partial charge is 0.508 e. The van der Waals surface area contributed by atoms with Crippen LogP contribution in [0.2, 0.25) is 5.02 Å². The summed E-state index contributed by atoms with van der Waals surface area (Å²) in [7, 11) is -4.31. The predicted octanol–water partition coefficient (Wildman–Crippen LogP) is 3.17. The lowest BCUT2D eigenvalue weighted by atomic mass is 9.49. The summed E-state index contributed by atoms with van der Waals surface area (Å²) in [5.74, 6) is -0.785. The molecule has 2 heterocycles. The van der Waals surface area contributed by atoms with Gasteiger partial charge in [0, 0.05) is 29.6 Å². The average molecular weight is 575 g/mol. The number of aliphatic hydroxyl groups excluding tert-OH is 1. The number of hydrogen-bond donors (Lipinski definition) is 4. The number of ether oxygens (including phenoxy) is 1. The summed E-state index contributed by atoms with van der Waals surface area (Å²) in [6.07, 6.45) is 1.84. The Morgan fingerprint density at radius 1 is 1.21 bits per heavy atom. The minimum atomic E-state index is -4.31. The van der Waals surface area contributed by atoms with E-state index < -0.39 is 38.8 Å². The number of likely N-dealkylation sites (tertiary alicyclic amines) is 1. The fourth-order valence-corrected chi connectivity index (χ4v) is 8.52. The Bertz CT molecular complexity index is 1540. The number of phenols is 1. The zero-order valence-electron chi connectivity index (χ0n) is 20.4. The Hall–Kier alpha value is -2.79. The van der Waals surface area contributed by atoms with Crippen LogP contribution in [0.15, 0.2) is 52.6 Å². The maximum atomic E-state index is 13.4. The molecular formula is C28H31ClN2O7S. The number of amides is 1. The molecule has 1 saturated heterocycles. The molecule has 2 fully saturated rings. The Morgan fingerprint density at radius 2 is 1.97 bits per heavy atom. The van der Waals surface area contributed by atoms with Crippen molar-refractivity contribution in [3.05, 3.63) is 63.9 Å². The van der Waals surface area contributed by atoms with E-state index in [1.54, 1.807) is 6.07 Å². The lowest BCUT2D eigenvalue weighted by molar-refractivity contribution is -0.172. The van der Waals surface area contributed by atoms with Crippen LogP contribution < -0.4 is 9.46 Å². The molecule has 39 heavy (non-hydrogen) atoms. The molecule has 3 aliphatic carbocycles. The van der Waals surface area contributed by atoms with Crippen molar-refractivity contribution in [3.8, 4) is 11.5 Å². The molecule has 0 radical (unpaired) electrons. The third kappa shape index (κ3) is 3.58. The molecule has 11 heteroatoms. The molecular weight excluding hydrogens is 544 g/mol. The van der Waals surface area contributed by atoms with Gasteiger partial charge >= 0.3 is 0 Å². The first kappa shape index (κ1) is 26.4. The number of hydrogen-bond acceptors (Lipinski definition) is 8. The number of aromatic hydroxyl groups is 1. The number of halogens is 1. The number of benzene rings is 2. The van der Waals surface area contributed by atoms with E-state index in [0.717, 1.165) is 24.9 Å². The lowest BCUT2D eigenvalue weighted by Gasteiger charge is -2.62. The van der Waals surface area contributed by atoms with Crippen molar-refractivity contribution in [1.82, 2.24) is 9.62 Å². The Kier molecular flexibility index (Phi) is 5.83. The molecule has 1 saturated carbocycles. The van der Waals surface area contributed by atoms with Gasteiger partial charge in [-0.3, -0.25) is 9.69 Å². The summed E-state index contributed by atoms with van der Waals surface area (Å²) >= 11 is 5.95. The van der Waals surface area contributed by atoms with Crippen LogP contribution in [0, 0.1) is 5.92 Å². The highest BCUT2D eigenvalue weighted by Gasteiger charge is 2.73. The van der Waals surface area contributed by atoms with Crippen LogP contribution in [0.5, 0.6) is 11.5 Å². The molecule has 4 atom stereocenters. The Balaban J connectivity index is 0.00000277. The topological polar surface area (TPSA) is 136 Å². The van der Waals surface area contributed by atoms with Gasteiger partial charge in [0.2, 0.25) is 0 Å². The average Bonchev–Trinajstić information content (AvgIpc) is 3.60. The van der Waals surface area contributed by atoms with Crippen molar-refractivity contribution in [2.75, 3.05) is 13.1 Å². The summed E-state index contributed by atoms with van der Waals surface area (Å²) in [6, 6.07) is 8.52. The van der Waals surface area contributed by atoms with E-state index in [4.69, 9.17) is 16.3 Å². The van der Waals surface area contributed by atoms with E-state index in [1.165, 1.54) is 24.3 Å².